The Morgan fingerprint density at radius 3 is 2.18 bits per heavy atom. The van der Waals surface area contributed by atoms with Crippen LogP contribution in [-0.2, 0) is 9.59 Å². The van der Waals surface area contributed by atoms with Gasteiger partial charge < -0.3 is 30.2 Å². The molecule has 0 heterocycles. The number of benzene rings is 4. The zero-order valence-electron chi connectivity index (χ0n) is 25.5. The van der Waals surface area contributed by atoms with Gasteiger partial charge in [-0.25, -0.2) is 0 Å². The molecule has 0 aliphatic carbocycles. The van der Waals surface area contributed by atoms with E-state index in [1.807, 2.05) is 25.1 Å². The smallest absolute Gasteiger partial charge is 0.272 e. The van der Waals surface area contributed by atoms with Crippen LogP contribution in [0.4, 0.5) is 11.4 Å². The number of carbonyl (C=O) groups is 3. The van der Waals surface area contributed by atoms with E-state index in [1.165, 1.54) is 32.1 Å². The molecule has 0 fully saturated rings. The second kappa shape index (κ2) is 16.0. The Hall–Kier alpha value is -5.22. The van der Waals surface area contributed by atoms with Crippen molar-refractivity contribution in [3.63, 3.8) is 0 Å². The van der Waals surface area contributed by atoms with Crippen molar-refractivity contribution in [3.05, 3.63) is 114 Å². The number of hydrogen-bond acceptors (Lipinski definition) is 7. The highest BCUT2D eigenvalue weighted by molar-refractivity contribution is 8.00. The van der Waals surface area contributed by atoms with E-state index in [9.17, 15) is 14.4 Å². The topological polar surface area (TPSA) is 115 Å². The fourth-order valence-electron chi connectivity index (χ4n) is 4.38. The predicted octanol–water partition coefficient (Wildman–Crippen LogP) is 6.63. The zero-order chi connectivity index (χ0) is 32.2. The van der Waals surface area contributed by atoms with Crippen LogP contribution in [0.1, 0.15) is 29.3 Å². The van der Waals surface area contributed by atoms with E-state index < -0.39 is 11.8 Å². The number of hydrogen-bond donors (Lipinski definition) is 3. The molecule has 45 heavy (non-hydrogen) atoms. The molecule has 0 saturated carbocycles. The molecule has 0 spiro atoms. The van der Waals surface area contributed by atoms with Gasteiger partial charge in [0.15, 0.2) is 11.5 Å². The molecule has 0 aromatic heterocycles. The van der Waals surface area contributed by atoms with E-state index in [0.717, 1.165) is 4.90 Å². The summed E-state index contributed by atoms with van der Waals surface area (Å²) in [6.45, 7) is 1.94. The maximum atomic E-state index is 13.6. The third-order valence-electron chi connectivity index (χ3n) is 6.63. The fraction of sp³-hybridized carbons (Fsp3) is 0.171. The highest BCUT2D eigenvalue weighted by Crippen LogP contribution is 2.33. The molecule has 0 radical (unpaired) electrons. The van der Waals surface area contributed by atoms with Gasteiger partial charge in [0.2, 0.25) is 5.91 Å². The first kappa shape index (κ1) is 32.7. The lowest BCUT2D eigenvalue weighted by molar-refractivity contribution is -0.116. The first-order valence-corrected chi connectivity index (χ1v) is 15.0. The van der Waals surface area contributed by atoms with Crippen LogP contribution in [0, 0.1) is 0 Å². The van der Waals surface area contributed by atoms with Gasteiger partial charge in [-0.3, -0.25) is 14.4 Å². The lowest BCUT2D eigenvalue weighted by Gasteiger charge is -2.16. The minimum Gasteiger partial charge on any atom is -0.497 e. The van der Waals surface area contributed by atoms with Crippen molar-refractivity contribution in [2.75, 3.05) is 32.0 Å². The third kappa shape index (κ3) is 8.90. The van der Waals surface area contributed by atoms with Crippen LogP contribution < -0.4 is 30.2 Å². The summed E-state index contributed by atoms with van der Waals surface area (Å²) in [4.78, 5) is 40.6. The summed E-state index contributed by atoms with van der Waals surface area (Å²) in [7, 11) is 4.59. The maximum absolute atomic E-state index is 13.6. The van der Waals surface area contributed by atoms with Crippen molar-refractivity contribution >= 4 is 46.9 Å². The van der Waals surface area contributed by atoms with Crippen molar-refractivity contribution in [1.82, 2.24) is 5.32 Å². The first-order valence-electron chi connectivity index (χ1n) is 14.2. The average molecular weight is 626 g/mol. The molecule has 10 heteroatoms. The monoisotopic (exact) mass is 625 g/mol. The van der Waals surface area contributed by atoms with E-state index in [-0.39, 0.29) is 16.9 Å². The van der Waals surface area contributed by atoms with E-state index in [4.69, 9.17) is 14.2 Å². The highest BCUT2D eigenvalue weighted by atomic mass is 32.2. The van der Waals surface area contributed by atoms with Crippen LogP contribution in [0.2, 0.25) is 0 Å². The van der Waals surface area contributed by atoms with Gasteiger partial charge in [0.1, 0.15) is 11.4 Å². The molecule has 4 aromatic carbocycles. The molecule has 4 rings (SSSR count). The normalized spacial score (nSPS) is 11.6. The van der Waals surface area contributed by atoms with Gasteiger partial charge in [0, 0.05) is 33.5 Å². The van der Waals surface area contributed by atoms with Gasteiger partial charge in [-0.1, -0.05) is 49.4 Å². The second-order valence-electron chi connectivity index (χ2n) is 9.68. The van der Waals surface area contributed by atoms with Gasteiger partial charge in [-0.05, 0) is 61.0 Å². The second-order valence-corrected chi connectivity index (χ2v) is 11.0. The van der Waals surface area contributed by atoms with E-state index in [0.29, 0.717) is 46.2 Å². The number of nitrogens with one attached hydrogen (secondary N) is 3. The number of thioether (sulfide) groups is 1. The van der Waals surface area contributed by atoms with Crippen LogP contribution in [0.15, 0.2) is 108 Å². The summed E-state index contributed by atoms with van der Waals surface area (Å²) in [5.74, 6) is 0.396. The minimum atomic E-state index is -0.547. The molecule has 0 aliphatic rings. The summed E-state index contributed by atoms with van der Waals surface area (Å²) < 4.78 is 16.2. The van der Waals surface area contributed by atoms with Crippen molar-refractivity contribution in [2.45, 2.75) is 23.5 Å². The largest absolute Gasteiger partial charge is 0.497 e. The van der Waals surface area contributed by atoms with Gasteiger partial charge in [-0.15, -0.1) is 11.8 Å². The molecular formula is C35H35N3O6S. The summed E-state index contributed by atoms with van der Waals surface area (Å²) in [5, 5.41) is 8.18. The Labute approximate surface area is 267 Å². The van der Waals surface area contributed by atoms with Gasteiger partial charge in [-0.2, -0.15) is 0 Å². The number of amides is 3. The number of methoxy groups -OCH3 is 3. The first-order chi connectivity index (χ1) is 21.8. The quantitative estimate of drug-likeness (QED) is 0.113. The highest BCUT2D eigenvalue weighted by Gasteiger charge is 2.20. The summed E-state index contributed by atoms with van der Waals surface area (Å²) in [5.41, 5.74) is 2.06. The number of para-hydroxylation sites is 1. The number of rotatable bonds is 13. The lowest BCUT2D eigenvalue weighted by Crippen LogP contribution is -2.30. The molecule has 0 saturated heterocycles. The third-order valence-corrected chi connectivity index (χ3v) is 7.99. The van der Waals surface area contributed by atoms with E-state index in [2.05, 4.69) is 16.0 Å². The van der Waals surface area contributed by atoms with Crippen molar-refractivity contribution in [1.29, 1.82) is 0 Å². The number of ether oxygens (including phenoxy) is 3. The van der Waals surface area contributed by atoms with Crippen molar-refractivity contribution in [2.24, 2.45) is 0 Å². The van der Waals surface area contributed by atoms with Gasteiger partial charge >= 0.3 is 0 Å². The van der Waals surface area contributed by atoms with Crippen LogP contribution in [0.25, 0.3) is 6.08 Å². The zero-order valence-corrected chi connectivity index (χ0v) is 26.3. The molecule has 1 atom stereocenters. The average Bonchev–Trinajstić information content (AvgIpc) is 3.07. The van der Waals surface area contributed by atoms with Crippen LogP contribution in [-0.4, -0.2) is 44.3 Å². The molecule has 232 valence electrons. The Balaban J connectivity index is 1.55. The Bertz CT molecular complexity index is 1680. The van der Waals surface area contributed by atoms with Gasteiger partial charge in [0.05, 0.1) is 26.6 Å². The Kier molecular flexibility index (Phi) is 11.6. The molecule has 1 unspecified atom stereocenters. The van der Waals surface area contributed by atoms with Gasteiger partial charge in [0.25, 0.3) is 11.8 Å². The predicted molar refractivity (Wildman–Crippen MR) is 178 cm³/mol. The summed E-state index contributed by atoms with van der Waals surface area (Å²) in [6.07, 6.45) is 2.12. The fourth-order valence-corrected chi connectivity index (χ4v) is 5.39. The lowest BCUT2D eigenvalue weighted by atomic mass is 10.1. The summed E-state index contributed by atoms with van der Waals surface area (Å²) >= 11 is 1.39. The Morgan fingerprint density at radius 2 is 1.49 bits per heavy atom. The van der Waals surface area contributed by atoms with Crippen LogP contribution >= 0.6 is 11.8 Å². The summed E-state index contributed by atoms with van der Waals surface area (Å²) in [6, 6.07) is 28.2. The molecular weight excluding hydrogens is 590 g/mol. The molecule has 0 bridgehead atoms. The SMILES string of the molecule is CCC(Sc1cccc(NC(=O)/C(=C\c2cccc(OC)c2OC)NC(=O)c2ccccc2)c1)C(=O)Nc1cccc(OC)c1. The van der Waals surface area contributed by atoms with E-state index >= 15 is 0 Å². The number of anilines is 2. The minimum absolute atomic E-state index is 0.00226. The molecule has 9 nitrogen and oxygen atoms in total. The molecule has 4 aromatic rings. The Morgan fingerprint density at radius 1 is 0.778 bits per heavy atom. The van der Waals surface area contributed by atoms with E-state index in [1.54, 1.807) is 86.0 Å². The molecule has 3 amide bonds. The van der Waals surface area contributed by atoms with Crippen molar-refractivity contribution in [3.8, 4) is 17.2 Å². The van der Waals surface area contributed by atoms with Crippen LogP contribution in [0.5, 0.6) is 17.2 Å². The van der Waals surface area contributed by atoms with Crippen LogP contribution in [0.3, 0.4) is 0 Å². The van der Waals surface area contributed by atoms with Crippen molar-refractivity contribution < 1.29 is 28.6 Å². The number of carbonyl (C=O) groups excluding carboxylic acids is 3. The molecule has 0 aliphatic heterocycles. The maximum Gasteiger partial charge on any atom is 0.272 e. The standard InChI is InChI=1S/C35H35N3O6S/c1-5-31(35(41)37-25-15-10-17-27(21-25)42-2)45-28-18-11-16-26(22-28)36-34(40)29(38-33(39)23-12-7-6-8-13-23)20-24-14-9-19-30(43-3)32(24)44-4/h6-22,31H,5H2,1-4H3,(H,36,40)(H,37,41)(H,38,39)/b29-20+. The molecule has 3 N–H and O–H groups in total.